The molecule has 104 valence electrons. The molecular formula is C16H22FNO. The number of benzene rings is 1. The molecule has 0 radical (unpaired) electrons. The van der Waals surface area contributed by atoms with Crippen LogP contribution in [0.25, 0.3) is 0 Å². The van der Waals surface area contributed by atoms with Crippen LogP contribution in [0.15, 0.2) is 18.2 Å². The number of hydrogen-bond acceptors (Lipinski definition) is 1. The van der Waals surface area contributed by atoms with Crippen LogP contribution in [0.1, 0.15) is 54.9 Å². The van der Waals surface area contributed by atoms with E-state index in [0.29, 0.717) is 11.5 Å². The third-order valence-electron chi connectivity index (χ3n) is 4.11. The first-order valence-electron chi connectivity index (χ1n) is 7.15. The summed E-state index contributed by atoms with van der Waals surface area (Å²) >= 11 is 0. The third-order valence-corrected chi connectivity index (χ3v) is 4.11. The van der Waals surface area contributed by atoms with Gasteiger partial charge in [0, 0.05) is 6.04 Å². The molecule has 2 nitrogen and oxygen atoms in total. The SMILES string of the molecule is Cc1cccc(C(=O)NC2CCCCCC2C)c1F. The fourth-order valence-corrected chi connectivity index (χ4v) is 2.78. The summed E-state index contributed by atoms with van der Waals surface area (Å²) in [6.45, 7) is 3.85. The molecule has 0 heterocycles. The van der Waals surface area contributed by atoms with Gasteiger partial charge in [-0.3, -0.25) is 4.79 Å². The first-order valence-corrected chi connectivity index (χ1v) is 7.15. The molecular weight excluding hydrogens is 241 g/mol. The van der Waals surface area contributed by atoms with Crippen molar-refractivity contribution in [2.45, 2.75) is 52.0 Å². The van der Waals surface area contributed by atoms with Gasteiger partial charge in [0.25, 0.3) is 5.91 Å². The van der Waals surface area contributed by atoms with Crippen LogP contribution >= 0.6 is 0 Å². The first kappa shape index (κ1) is 14.0. The molecule has 1 aromatic rings. The van der Waals surface area contributed by atoms with Crippen LogP contribution in [0.2, 0.25) is 0 Å². The second kappa shape index (κ2) is 6.18. The summed E-state index contributed by atoms with van der Waals surface area (Å²) < 4.78 is 13.9. The highest BCUT2D eigenvalue weighted by Crippen LogP contribution is 2.23. The van der Waals surface area contributed by atoms with Crippen molar-refractivity contribution in [3.8, 4) is 0 Å². The van der Waals surface area contributed by atoms with E-state index in [9.17, 15) is 9.18 Å². The topological polar surface area (TPSA) is 29.1 Å². The molecule has 1 saturated carbocycles. The van der Waals surface area contributed by atoms with Crippen molar-refractivity contribution in [1.82, 2.24) is 5.32 Å². The molecule has 19 heavy (non-hydrogen) atoms. The Hall–Kier alpha value is -1.38. The quantitative estimate of drug-likeness (QED) is 0.807. The lowest BCUT2D eigenvalue weighted by molar-refractivity contribution is 0.0917. The molecule has 1 aliphatic carbocycles. The molecule has 1 N–H and O–H groups in total. The van der Waals surface area contributed by atoms with Gasteiger partial charge in [0.05, 0.1) is 5.56 Å². The van der Waals surface area contributed by atoms with Crippen LogP contribution < -0.4 is 5.32 Å². The van der Waals surface area contributed by atoms with Gasteiger partial charge >= 0.3 is 0 Å². The van der Waals surface area contributed by atoms with Gasteiger partial charge in [-0.15, -0.1) is 0 Å². The first-order chi connectivity index (χ1) is 9.09. The van der Waals surface area contributed by atoms with E-state index in [1.165, 1.54) is 12.8 Å². The van der Waals surface area contributed by atoms with E-state index < -0.39 is 5.82 Å². The summed E-state index contributed by atoms with van der Waals surface area (Å²) in [7, 11) is 0. The highest BCUT2D eigenvalue weighted by Gasteiger charge is 2.23. The van der Waals surface area contributed by atoms with E-state index in [0.717, 1.165) is 19.3 Å². The van der Waals surface area contributed by atoms with E-state index in [4.69, 9.17) is 0 Å². The van der Waals surface area contributed by atoms with Gasteiger partial charge in [-0.2, -0.15) is 0 Å². The Bertz CT molecular complexity index is 458. The van der Waals surface area contributed by atoms with Crippen LogP contribution in [0, 0.1) is 18.7 Å². The molecule has 1 aliphatic rings. The van der Waals surface area contributed by atoms with Gasteiger partial charge in [0.2, 0.25) is 0 Å². The summed E-state index contributed by atoms with van der Waals surface area (Å²) in [5.41, 5.74) is 0.679. The zero-order chi connectivity index (χ0) is 13.8. The van der Waals surface area contributed by atoms with Crippen molar-refractivity contribution in [1.29, 1.82) is 0 Å². The average molecular weight is 263 g/mol. The smallest absolute Gasteiger partial charge is 0.254 e. The van der Waals surface area contributed by atoms with Crippen molar-refractivity contribution >= 4 is 5.91 Å². The van der Waals surface area contributed by atoms with Crippen LogP contribution in [-0.2, 0) is 0 Å². The molecule has 3 heteroatoms. The molecule has 0 spiro atoms. The van der Waals surface area contributed by atoms with Crippen molar-refractivity contribution in [3.63, 3.8) is 0 Å². The fourth-order valence-electron chi connectivity index (χ4n) is 2.78. The number of nitrogens with one attached hydrogen (secondary N) is 1. The van der Waals surface area contributed by atoms with Gasteiger partial charge < -0.3 is 5.32 Å². The number of amides is 1. The van der Waals surface area contributed by atoms with E-state index in [-0.39, 0.29) is 17.5 Å². The van der Waals surface area contributed by atoms with E-state index in [1.54, 1.807) is 25.1 Å². The zero-order valence-corrected chi connectivity index (χ0v) is 11.7. The van der Waals surface area contributed by atoms with E-state index >= 15 is 0 Å². The second-order valence-corrected chi connectivity index (χ2v) is 5.63. The molecule has 0 aromatic heterocycles. The van der Waals surface area contributed by atoms with Crippen LogP contribution in [0.3, 0.4) is 0 Å². The van der Waals surface area contributed by atoms with E-state index in [2.05, 4.69) is 12.2 Å². The van der Waals surface area contributed by atoms with Gasteiger partial charge in [0.15, 0.2) is 0 Å². The third kappa shape index (κ3) is 3.34. The van der Waals surface area contributed by atoms with Crippen LogP contribution in [-0.4, -0.2) is 11.9 Å². The maximum absolute atomic E-state index is 13.9. The number of halogens is 1. The highest BCUT2D eigenvalue weighted by atomic mass is 19.1. The molecule has 2 rings (SSSR count). The largest absolute Gasteiger partial charge is 0.349 e. The van der Waals surface area contributed by atoms with Gasteiger partial charge in [-0.1, -0.05) is 38.3 Å². The summed E-state index contributed by atoms with van der Waals surface area (Å²) in [5.74, 6) is -0.208. The predicted molar refractivity (Wildman–Crippen MR) is 74.6 cm³/mol. The molecule has 0 bridgehead atoms. The molecule has 2 atom stereocenters. The minimum atomic E-state index is -0.402. The van der Waals surface area contributed by atoms with Gasteiger partial charge in [-0.25, -0.2) is 4.39 Å². The minimum Gasteiger partial charge on any atom is -0.349 e. The summed E-state index contributed by atoms with van der Waals surface area (Å²) in [6.07, 6.45) is 5.75. The Morgan fingerprint density at radius 2 is 2.00 bits per heavy atom. The summed E-state index contributed by atoms with van der Waals surface area (Å²) in [4.78, 5) is 12.2. The lowest BCUT2D eigenvalue weighted by Gasteiger charge is -2.23. The normalized spacial score (nSPS) is 23.7. The average Bonchev–Trinajstić information content (AvgIpc) is 2.58. The Kier molecular flexibility index (Phi) is 4.56. The molecule has 1 amide bonds. The van der Waals surface area contributed by atoms with E-state index in [1.807, 2.05) is 0 Å². The fraction of sp³-hybridized carbons (Fsp3) is 0.562. The number of hydrogen-bond donors (Lipinski definition) is 1. The van der Waals surface area contributed by atoms with Crippen molar-refractivity contribution in [2.75, 3.05) is 0 Å². The monoisotopic (exact) mass is 263 g/mol. The molecule has 1 aromatic carbocycles. The Morgan fingerprint density at radius 3 is 2.79 bits per heavy atom. The number of aryl methyl sites for hydroxylation is 1. The van der Waals surface area contributed by atoms with Crippen molar-refractivity contribution in [3.05, 3.63) is 35.1 Å². The highest BCUT2D eigenvalue weighted by molar-refractivity contribution is 5.94. The standard InChI is InChI=1S/C16H22FNO/c1-11-7-4-3-5-10-14(11)18-16(19)13-9-6-8-12(2)15(13)17/h6,8-9,11,14H,3-5,7,10H2,1-2H3,(H,18,19). The van der Waals surface area contributed by atoms with Gasteiger partial charge in [0.1, 0.15) is 5.82 Å². The molecule has 0 saturated heterocycles. The lowest BCUT2D eigenvalue weighted by atomic mass is 9.96. The Morgan fingerprint density at radius 1 is 1.26 bits per heavy atom. The number of rotatable bonds is 2. The van der Waals surface area contributed by atoms with Crippen LogP contribution in [0.5, 0.6) is 0 Å². The Labute approximate surface area is 114 Å². The zero-order valence-electron chi connectivity index (χ0n) is 11.7. The minimum absolute atomic E-state index is 0.163. The lowest BCUT2D eigenvalue weighted by Crippen LogP contribution is -2.39. The maximum Gasteiger partial charge on any atom is 0.254 e. The van der Waals surface area contributed by atoms with Crippen LogP contribution in [0.4, 0.5) is 4.39 Å². The van der Waals surface area contributed by atoms with Crippen molar-refractivity contribution in [2.24, 2.45) is 5.92 Å². The maximum atomic E-state index is 13.9. The van der Waals surface area contributed by atoms with Gasteiger partial charge in [-0.05, 0) is 37.3 Å². The number of carbonyl (C=O) groups excluding carboxylic acids is 1. The number of carbonyl (C=O) groups is 1. The Balaban J connectivity index is 2.09. The molecule has 2 unspecified atom stereocenters. The molecule has 0 aliphatic heterocycles. The summed E-state index contributed by atoms with van der Waals surface area (Å²) in [6, 6.07) is 5.14. The van der Waals surface area contributed by atoms with Crippen molar-refractivity contribution < 1.29 is 9.18 Å². The second-order valence-electron chi connectivity index (χ2n) is 5.63. The summed E-state index contributed by atoms with van der Waals surface area (Å²) in [5, 5.41) is 3.01. The predicted octanol–water partition coefficient (Wildman–Crippen LogP) is 3.83. The molecule has 1 fully saturated rings.